The van der Waals surface area contributed by atoms with Crippen molar-refractivity contribution in [3.63, 3.8) is 0 Å². The number of hydrogen-bond donors (Lipinski definition) is 0. The van der Waals surface area contributed by atoms with Gasteiger partial charge in [-0.25, -0.2) is 4.98 Å². The number of carbonyl (C=O) groups is 1. The van der Waals surface area contributed by atoms with Gasteiger partial charge in [-0.05, 0) is 38.8 Å². The molecule has 1 aliphatic rings. The molecule has 6 nitrogen and oxygen atoms in total. The number of alkyl halides is 3. The van der Waals surface area contributed by atoms with Crippen LogP contribution in [0.4, 0.5) is 13.2 Å². The van der Waals surface area contributed by atoms with Gasteiger partial charge in [0, 0.05) is 38.0 Å². The Morgan fingerprint density at radius 2 is 1.90 bits per heavy atom. The lowest BCUT2D eigenvalue weighted by Crippen LogP contribution is -2.36. The van der Waals surface area contributed by atoms with Crippen LogP contribution in [0.15, 0.2) is 27.4 Å². The summed E-state index contributed by atoms with van der Waals surface area (Å²) in [7, 11) is 0. The summed E-state index contributed by atoms with van der Waals surface area (Å²) in [5, 5.41) is 0.203. The fraction of sp³-hybridized carbons (Fsp3) is 0.476. The molecule has 1 fully saturated rings. The van der Waals surface area contributed by atoms with Crippen molar-refractivity contribution >= 4 is 27.9 Å². The van der Waals surface area contributed by atoms with Crippen LogP contribution in [0.25, 0.3) is 22.0 Å². The molecule has 0 bridgehead atoms. The van der Waals surface area contributed by atoms with Crippen molar-refractivity contribution in [2.24, 2.45) is 0 Å². The predicted molar refractivity (Wildman–Crippen MR) is 105 cm³/mol. The van der Waals surface area contributed by atoms with E-state index in [0.29, 0.717) is 31.7 Å². The molecule has 3 aromatic rings. The average molecular weight is 421 g/mol. The molecule has 4 rings (SSSR count). The van der Waals surface area contributed by atoms with E-state index in [0.717, 1.165) is 4.57 Å². The van der Waals surface area contributed by atoms with E-state index < -0.39 is 18.0 Å². The standard InChI is InChI=1S/C21H22F3N3O3/c1-11(2)27-15-5-4-14-16(29)10-17(13-6-8-26(9-7-13)12(3)28)30-19(14)18(15)25-20(27)21(22,23)24/h4-5,10-11,13H,6-9H2,1-3H3. The Labute approximate surface area is 170 Å². The summed E-state index contributed by atoms with van der Waals surface area (Å²) in [5.41, 5.74) is 0.0777. The normalized spacial score (nSPS) is 16.2. The van der Waals surface area contributed by atoms with Crippen molar-refractivity contribution in [2.45, 2.75) is 51.7 Å². The fourth-order valence-electron chi connectivity index (χ4n) is 4.19. The SMILES string of the molecule is CC(=O)N1CCC(c2cc(=O)c3ccc4c(nc(C(F)(F)F)n4C(C)C)c3o2)CC1. The molecule has 1 aliphatic heterocycles. The summed E-state index contributed by atoms with van der Waals surface area (Å²) in [5.74, 6) is -0.671. The molecular weight excluding hydrogens is 399 g/mol. The van der Waals surface area contributed by atoms with E-state index in [1.165, 1.54) is 25.1 Å². The predicted octanol–water partition coefficient (Wildman–Crippen LogP) is 4.47. The van der Waals surface area contributed by atoms with Crippen molar-refractivity contribution in [1.82, 2.24) is 14.5 Å². The van der Waals surface area contributed by atoms with Gasteiger partial charge < -0.3 is 13.9 Å². The van der Waals surface area contributed by atoms with Gasteiger partial charge >= 0.3 is 6.18 Å². The number of piperidine rings is 1. The minimum absolute atomic E-state index is 0.00553. The zero-order valence-corrected chi connectivity index (χ0v) is 16.9. The number of nitrogens with zero attached hydrogens (tertiary/aromatic N) is 3. The van der Waals surface area contributed by atoms with Crippen molar-refractivity contribution in [2.75, 3.05) is 13.1 Å². The molecule has 9 heteroatoms. The average Bonchev–Trinajstić information content (AvgIpc) is 3.09. The number of likely N-dealkylation sites (tertiary alicyclic amines) is 1. The number of hydrogen-bond acceptors (Lipinski definition) is 4. The molecule has 0 atom stereocenters. The first-order valence-electron chi connectivity index (χ1n) is 9.89. The number of fused-ring (bicyclic) bond motifs is 3. The minimum Gasteiger partial charge on any atom is -0.458 e. The second-order valence-electron chi connectivity index (χ2n) is 8.00. The van der Waals surface area contributed by atoms with Crippen LogP contribution >= 0.6 is 0 Å². The molecule has 0 N–H and O–H groups in total. The van der Waals surface area contributed by atoms with Crippen LogP contribution in [-0.4, -0.2) is 33.4 Å². The van der Waals surface area contributed by atoms with E-state index in [-0.39, 0.29) is 39.3 Å². The maximum atomic E-state index is 13.6. The first kappa shape index (κ1) is 20.4. The zero-order valence-electron chi connectivity index (χ0n) is 16.9. The highest BCUT2D eigenvalue weighted by Crippen LogP contribution is 2.37. The first-order chi connectivity index (χ1) is 14.1. The number of rotatable bonds is 2. The summed E-state index contributed by atoms with van der Waals surface area (Å²) >= 11 is 0. The third-order valence-electron chi connectivity index (χ3n) is 5.69. The maximum absolute atomic E-state index is 13.6. The van der Waals surface area contributed by atoms with Crippen LogP contribution in [-0.2, 0) is 11.0 Å². The highest BCUT2D eigenvalue weighted by atomic mass is 19.4. The fourth-order valence-corrected chi connectivity index (χ4v) is 4.19. The summed E-state index contributed by atoms with van der Waals surface area (Å²) in [6.45, 7) is 5.90. The summed E-state index contributed by atoms with van der Waals surface area (Å²) in [4.78, 5) is 29.8. The van der Waals surface area contributed by atoms with Gasteiger partial charge in [-0.15, -0.1) is 0 Å². The Morgan fingerprint density at radius 1 is 1.23 bits per heavy atom. The molecule has 0 spiro atoms. The maximum Gasteiger partial charge on any atom is 0.449 e. The molecule has 30 heavy (non-hydrogen) atoms. The van der Waals surface area contributed by atoms with Gasteiger partial charge in [-0.2, -0.15) is 13.2 Å². The molecule has 0 aliphatic carbocycles. The van der Waals surface area contributed by atoms with Crippen LogP contribution in [0.3, 0.4) is 0 Å². The molecule has 0 saturated carbocycles. The highest BCUT2D eigenvalue weighted by molar-refractivity contribution is 6.00. The van der Waals surface area contributed by atoms with E-state index in [1.807, 2.05) is 0 Å². The van der Waals surface area contributed by atoms with Gasteiger partial charge in [0.05, 0.1) is 10.9 Å². The highest BCUT2D eigenvalue weighted by Gasteiger charge is 2.39. The zero-order chi connectivity index (χ0) is 21.8. The summed E-state index contributed by atoms with van der Waals surface area (Å²) < 4.78 is 47.9. The van der Waals surface area contributed by atoms with Crippen molar-refractivity contribution in [3.8, 4) is 0 Å². The Bertz CT molecular complexity index is 1190. The quantitative estimate of drug-likeness (QED) is 0.612. The number of benzene rings is 1. The Balaban J connectivity index is 1.88. The van der Waals surface area contributed by atoms with Crippen LogP contribution in [0.5, 0.6) is 0 Å². The number of amides is 1. The monoisotopic (exact) mass is 421 g/mol. The van der Waals surface area contributed by atoms with Gasteiger partial charge in [0.25, 0.3) is 0 Å². The van der Waals surface area contributed by atoms with Gasteiger partial charge in [-0.3, -0.25) is 9.59 Å². The molecule has 0 unspecified atom stereocenters. The van der Waals surface area contributed by atoms with Crippen LogP contribution < -0.4 is 5.43 Å². The van der Waals surface area contributed by atoms with Crippen LogP contribution in [0, 0.1) is 0 Å². The lowest BCUT2D eigenvalue weighted by atomic mass is 9.93. The smallest absolute Gasteiger partial charge is 0.449 e. The number of carbonyl (C=O) groups excluding carboxylic acids is 1. The molecule has 160 valence electrons. The van der Waals surface area contributed by atoms with E-state index >= 15 is 0 Å². The van der Waals surface area contributed by atoms with Crippen molar-refractivity contribution in [1.29, 1.82) is 0 Å². The van der Waals surface area contributed by atoms with E-state index in [2.05, 4.69) is 4.98 Å². The van der Waals surface area contributed by atoms with Gasteiger partial charge in [0.1, 0.15) is 11.3 Å². The number of aromatic nitrogens is 2. The Morgan fingerprint density at radius 3 is 2.47 bits per heavy atom. The van der Waals surface area contributed by atoms with Crippen molar-refractivity contribution in [3.05, 3.63) is 40.0 Å². The third kappa shape index (κ3) is 3.36. The molecule has 1 amide bonds. The Hall–Kier alpha value is -2.84. The molecule has 0 radical (unpaired) electrons. The second-order valence-corrected chi connectivity index (χ2v) is 8.00. The lowest BCUT2D eigenvalue weighted by molar-refractivity contribution is -0.147. The van der Waals surface area contributed by atoms with Gasteiger partial charge in [-0.1, -0.05) is 0 Å². The topological polar surface area (TPSA) is 68.3 Å². The largest absolute Gasteiger partial charge is 0.458 e. The number of halogens is 3. The van der Waals surface area contributed by atoms with Gasteiger partial charge in [0.15, 0.2) is 11.0 Å². The summed E-state index contributed by atoms with van der Waals surface area (Å²) in [6, 6.07) is 3.91. The molecule has 3 heterocycles. The van der Waals surface area contributed by atoms with E-state index in [9.17, 15) is 22.8 Å². The second kappa shape index (κ2) is 7.14. The lowest BCUT2D eigenvalue weighted by Gasteiger charge is -2.30. The molecule has 2 aromatic heterocycles. The number of imidazole rings is 1. The molecule has 1 aromatic carbocycles. The van der Waals surface area contributed by atoms with Crippen molar-refractivity contribution < 1.29 is 22.4 Å². The van der Waals surface area contributed by atoms with E-state index in [4.69, 9.17) is 4.42 Å². The first-order valence-corrected chi connectivity index (χ1v) is 9.89. The van der Waals surface area contributed by atoms with Gasteiger partial charge in [0.2, 0.25) is 11.7 Å². The third-order valence-corrected chi connectivity index (χ3v) is 5.69. The summed E-state index contributed by atoms with van der Waals surface area (Å²) in [6.07, 6.45) is -3.39. The Kier molecular flexibility index (Phi) is 4.86. The van der Waals surface area contributed by atoms with Crippen LogP contribution in [0.1, 0.15) is 57.2 Å². The molecular formula is C21H22F3N3O3. The van der Waals surface area contributed by atoms with E-state index in [1.54, 1.807) is 18.7 Å². The van der Waals surface area contributed by atoms with Crippen LogP contribution in [0.2, 0.25) is 0 Å². The molecule has 1 saturated heterocycles. The minimum atomic E-state index is -4.63.